The van der Waals surface area contributed by atoms with Crippen LogP contribution in [0, 0.1) is 0 Å². The maximum absolute atomic E-state index is 13.2. The van der Waals surface area contributed by atoms with E-state index in [-0.39, 0.29) is 15.3 Å². The van der Waals surface area contributed by atoms with Gasteiger partial charge in [-0.15, -0.1) is 0 Å². The summed E-state index contributed by atoms with van der Waals surface area (Å²) in [5.74, 6) is 1.73. The van der Waals surface area contributed by atoms with Crippen molar-refractivity contribution in [3.8, 4) is 0 Å². The Morgan fingerprint density at radius 3 is 2.59 bits per heavy atom. The van der Waals surface area contributed by atoms with E-state index < -0.39 is 9.84 Å². The monoisotopic (exact) mass is 411 g/mol. The van der Waals surface area contributed by atoms with Crippen molar-refractivity contribution >= 4 is 26.6 Å². The predicted molar refractivity (Wildman–Crippen MR) is 112 cm³/mol. The lowest BCUT2D eigenvalue weighted by atomic mass is 9.91. The van der Waals surface area contributed by atoms with Crippen LogP contribution in [0.2, 0.25) is 0 Å². The third kappa shape index (κ3) is 3.04. The van der Waals surface area contributed by atoms with Crippen LogP contribution < -0.4 is 10.2 Å². The van der Waals surface area contributed by atoms with Gasteiger partial charge in [0.05, 0.1) is 15.3 Å². The third-order valence-electron chi connectivity index (χ3n) is 6.05. The Morgan fingerprint density at radius 1 is 1.10 bits per heavy atom. The highest BCUT2D eigenvalue weighted by Gasteiger charge is 2.33. The molecule has 7 heteroatoms. The van der Waals surface area contributed by atoms with Gasteiger partial charge < -0.3 is 14.6 Å². The molecule has 0 spiro atoms. The van der Waals surface area contributed by atoms with Crippen molar-refractivity contribution < 1.29 is 12.8 Å². The fourth-order valence-electron chi connectivity index (χ4n) is 4.43. The van der Waals surface area contributed by atoms with Crippen LogP contribution in [0.4, 0.5) is 5.82 Å². The van der Waals surface area contributed by atoms with E-state index in [1.165, 1.54) is 11.8 Å². The average molecular weight is 412 g/mol. The number of nitrogens with zero attached hydrogens (tertiary/aromatic N) is 2. The number of benzene rings is 1. The van der Waals surface area contributed by atoms with Gasteiger partial charge in [0.1, 0.15) is 17.2 Å². The van der Waals surface area contributed by atoms with Crippen molar-refractivity contribution in [2.45, 2.75) is 48.4 Å². The lowest BCUT2D eigenvalue weighted by Crippen LogP contribution is -2.41. The Morgan fingerprint density at radius 2 is 1.86 bits per heavy atom. The van der Waals surface area contributed by atoms with Gasteiger partial charge in [0.15, 0.2) is 0 Å². The van der Waals surface area contributed by atoms with Crippen LogP contribution in [0.25, 0.3) is 11.0 Å². The van der Waals surface area contributed by atoms with Crippen molar-refractivity contribution in [2.75, 3.05) is 24.5 Å². The largest absolute Gasteiger partial charge is 0.459 e. The summed E-state index contributed by atoms with van der Waals surface area (Å²) < 4.78 is 32.5. The second-order valence-corrected chi connectivity index (χ2v) is 10.4. The van der Waals surface area contributed by atoms with E-state index in [1.807, 2.05) is 6.07 Å². The molecule has 2 aromatic heterocycles. The summed E-state index contributed by atoms with van der Waals surface area (Å²) in [6.07, 6.45) is 4.65. The average Bonchev–Trinajstić information content (AvgIpc) is 3.36. The molecule has 1 fully saturated rings. The van der Waals surface area contributed by atoms with Gasteiger partial charge in [0, 0.05) is 42.8 Å². The van der Waals surface area contributed by atoms with Crippen molar-refractivity contribution in [1.82, 2.24) is 10.3 Å². The highest BCUT2D eigenvalue weighted by Crippen LogP contribution is 2.37. The number of furan rings is 1. The smallest absolute Gasteiger partial charge is 0.208 e. The molecular formula is C22H25N3O3S. The van der Waals surface area contributed by atoms with Gasteiger partial charge in [-0.3, -0.25) is 0 Å². The van der Waals surface area contributed by atoms with E-state index in [2.05, 4.69) is 29.0 Å². The molecule has 6 nitrogen and oxygen atoms in total. The van der Waals surface area contributed by atoms with Crippen molar-refractivity contribution in [3.63, 3.8) is 0 Å². The summed E-state index contributed by atoms with van der Waals surface area (Å²) in [4.78, 5) is 7.03. The van der Waals surface area contributed by atoms with Crippen LogP contribution in [0.15, 0.2) is 50.7 Å². The van der Waals surface area contributed by atoms with Crippen LogP contribution in [0.3, 0.4) is 0 Å². The van der Waals surface area contributed by atoms with Crippen LogP contribution in [0.1, 0.15) is 38.0 Å². The summed E-state index contributed by atoms with van der Waals surface area (Å²) in [7, 11) is -3.66. The number of fused-ring (bicyclic) bond motifs is 3. The Kier molecular flexibility index (Phi) is 4.22. The highest BCUT2D eigenvalue weighted by molar-refractivity contribution is 7.91. The summed E-state index contributed by atoms with van der Waals surface area (Å²) in [6.45, 7) is 7.00. The van der Waals surface area contributed by atoms with E-state index in [4.69, 9.17) is 4.42 Å². The first-order chi connectivity index (χ1) is 13.9. The molecule has 4 heterocycles. The maximum atomic E-state index is 13.2. The Hall–Kier alpha value is -2.38. The van der Waals surface area contributed by atoms with Gasteiger partial charge in [0.25, 0.3) is 0 Å². The van der Waals surface area contributed by atoms with Crippen molar-refractivity contribution in [3.05, 3.63) is 47.9 Å². The summed E-state index contributed by atoms with van der Waals surface area (Å²) in [5, 5.41) is 4.45. The molecule has 2 aliphatic heterocycles. The number of nitrogens with one attached hydrogen (secondary N) is 1. The topological polar surface area (TPSA) is 75.4 Å². The van der Waals surface area contributed by atoms with Gasteiger partial charge in [-0.1, -0.05) is 0 Å². The fourth-order valence-corrected chi connectivity index (χ4v) is 5.65. The van der Waals surface area contributed by atoms with E-state index in [0.29, 0.717) is 5.58 Å². The molecule has 1 N–H and O–H groups in total. The standard InChI is InChI=1S/C22H25N3O3S/c1-22(2)21-18(9-10-24-22)17-7-5-15(13-19(17)28-21)29(26,27)16-6-8-20(23-14-16)25-11-3-4-12-25/h5-8,13-14,24H,3-4,9-12H2,1-2H3. The highest BCUT2D eigenvalue weighted by atomic mass is 32.2. The molecule has 0 saturated carbocycles. The quantitative estimate of drug-likeness (QED) is 0.709. The minimum Gasteiger partial charge on any atom is -0.459 e. The van der Waals surface area contributed by atoms with E-state index in [0.717, 1.165) is 55.9 Å². The van der Waals surface area contributed by atoms with Gasteiger partial charge >= 0.3 is 0 Å². The second kappa shape index (κ2) is 6.57. The first kappa shape index (κ1) is 18.6. The molecule has 0 aliphatic carbocycles. The molecule has 29 heavy (non-hydrogen) atoms. The van der Waals surface area contributed by atoms with Crippen LogP contribution in [-0.4, -0.2) is 33.0 Å². The summed E-state index contributed by atoms with van der Waals surface area (Å²) in [6, 6.07) is 8.65. The lowest BCUT2D eigenvalue weighted by molar-refractivity contribution is 0.310. The summed E-state index contributed by atoms with van der Waals surface area (Å²) in [5.41, 5.74) is 1.53. The number of hydrogen-bond acceptors (Lipinski definition) is 6. The zero-order valence-corrected chi connectivity index (χ0v) is 17.6. The minimum atomic E-state index is -3.66. The number of pyridine rings is 1. The fraction of sp³-hybridized carbons (Fsp3) is 0.409. The molecule has 0 atom stereocenters. The first-order valence-corrected chi connectivity index (χ1v) is 11.6. The predicted octanol–water partition coefficient (Wildman–Crippen LogP) is 3.64. The van der Waals surface area contributed by atoms with E-state index in [9.17, 15) is 8.42 Å². The molecule has 2 aliphatic rings. The van der Waals surface area contributed by atoms with Crippen molar-refractivity contribution in [2.24, 2.45) is 0 Å². The molecule has 152 valence electrons. The zero-order chi connectivity index (χ0) is 20.2. The van der Waals surface area contributed by atoms with Gasteiger partial charge in [-0.2, -0.15) is 0 Å². The molecule has 0 bridgehead atoms. The lowest BCUT2D eigenvalue weighted by Gasteiger charge is -2.29. The Labute approximate surface area is 170 Å². The molecule has 3 aromatic rings. The van der Waals surface area contributed by atoms with Crippen LogP contribution in [0.5, 0.6) is 0 Å². The Balaban J connectivity index is 1.52. The number of sulfone groups is 1. The van der Waals surface area contributed by atoms with Gasteiger partial charge in [-0.05, 0) is 57.4 Å². The molecule has 0 unspecified atom stereocenters. The van der Waals surface area contributed by atoms with Crippen LogP contribution >= 0.6 is 0 Å². The number of anilines is 1. The molecule has 1 aromatic carbocycles. The van der Waals surface area contributed by atoms with Crippen LogP contribution in [-0.2, 0) is 21.8 Å². The second-order valence-electron chi connectivity index (χ2n) is 8.42. The maximum Gasteiger partial charge on any atom is 0.208 e. The van der Waals surface area contributed by atoms with E-state index >= 15 is 0 Å². The molecular weight excluding hydrogens is 386 g/mol. The molecule has 1 saturated heterocycles. The summed E-state index contributed by atoms with van der Waals surface area (Å²) >= 11 is 0. The van der Waals surface area contributed by atoms with Crippen molar-refractivity contribution in [1.29, 1.82) is 0 Å². The zero-order valence-electron chi connectivity index (χ0n) is 16.7. The Bertz CT molecular complexity index is 1170. The van der Waals surface area contributed by atoms with Gasteiger partial charge in [0.2, 0.25) is 9.84 Å². The third-order valence-corrected chi connectivity index (χ3v) is 7.78. The normalized spacial score (nSPS) is 18.9. The SMILES string of the molecule is CC1(C)NCCc2c1oc1cc(S(=O)(=O)c3ccc(N4CCCC4)nc3)ccc21. The first-order valence-electron chi connectivity index (χ1n) is 10.1. The van der Waals surface area contributed by atoms with E-state index in [1.54, 1.807) is 24.3 Å². The number of aromatic nitrogens is 1. The number of rotatable bonds is 3. The molecule has 5 rings (SSSR count). The van der Waals surface area contributed by atoms with Gasteiger partial charge in [-0.25, -0.2) is 13.4 Å². The molecule has 0 radical (unpaired) electrons. The number of hydrogen-bond donors (Lipinski definition) is 1. The minimum absolute atomic E-state index is 0.207. The molecule has 0 amide bonds.